The van der Waals surface area contributed by atoms with E-state index in [2.05, 4.69) is 19.9 Å². The Labute approximate surface area is 79.7 Å². The van der Waals surface area contributed by atoms with Gasteiger partial charge in [0.2, 0.25) is 0 Å². The van der Waals surface area contributed by atoms with Gasteiger partial charge in [0.1, 0.15) is 5.75 Å². The molecule has 0 amide bonds. The van der Waals surface area contributed by atoms with Crippen molar-refractivity contribution in [2.24, 2.45) is 0 Å². The summed E-state index contributed by atoms with van der Waals surface area (Å²) in [5, 5.41) is 9.68. The molecule has 0 aliphatic heterocycles. The molecular weight excluding hydrogens is 160 g/mol. The number of phenolic OH excluding ortho intramolecular Hbond substituents is 1. The minimum atomic E-state index is 0.431. The Kier molecular flexibility index (Phi) is 3.13. The van der Waals surface area contributed by atoms with E-state index in [0.29, 0.717) is 5.75 Å². The predicted octanol–water partition coefficient (Wildman–Crippen LogP) is 3.21. The number of aromatic hydroxyl groups is 1. The highest BCUT2D eigenvalue weighted by atomic mass is 16.3. The van der Waals surface area contributed by atoms with Gasteiger partial charge in [-0.2, -0.15) is 0 Å². The van der Waals surface area contributed by atoms with Crippen molar-refractivity contribution in [3.05, 3.63) is 41.0 Å². The monoisotopic (exact) mass is 176 g/mol. The smallest absolute Gasteiger partial charge is 0.121 e. The number of benzene rings is 1. The Morgan fingerprint density at radius 1 is 1.38 bits per heavy atom. The van der Waals surface area contributed by atoms with Crippen molar-refractivity contribution in [2.75, 3.05) is 0 Å². The second kappa shape index (κ2) is 4.13. The van der Waals surface area contributed by atoms with Gasteiger partial charge < -0.3 is 5.11 Å². The number of allylic oxidation sites excluding steroid dienone is 2. The molecule has 1 aromatic rings. The van der Waals surface area contributed by atoms with E-state index >= 15 is 0 Å². The van der Waals surface area contributed by atoms with Crippen LogP contribution in [0.15, 0.2) is 29.8 Å². The Bertz CT molecular complexity index is 320. The van der Waals surface area contributed by atoms with Crippen LogP contribution in [0.5, 0.6) is 5.75 Å². The quantitative estimate of drug-likeness (QED) is 0.686. The maximum Gasteiger partial charge on any atom is 0.121 e. The van der Waals surface area contributed by atoms with Crippen molar-refractivity contribution in [1.82, 2.24) is 0 Å². The maximum atomic E-state index is 9.68. The molecule has 0 atom stereocenters. The summed E-state index contributed by atoms with van der Waals surface area (Å²) in [4.78, 5) is 0. The normalized spacial score (nSPS) is 9.77. The molecule has 1 aromatic carbocycles. The van der Waals surface area contributed by atoms with Crippen LogP contribution >= 0.6 is 0 Å². The minimum Gasteiger partial charge on any atom is -0.507 e. The Hall–Kier alpha value is -1.24. The third kappa shape index (κ3) is 2.62. The van der Waals surface area contributed by atoms with Crippen molar-refractivity contribution in [1.29, 1.82) is 0 Å². The standard InChI is InChI=1S/C12H16O/c1-9(2)7-8-11-6-4-5-10(3)12(11)13/h4-7,13H,8H2,1-3H3. The largest absolute Gasteiger partial charge is 0.507 e. The van der Waals surface area contributed by atoms with E-state index in [9.17, 15) is 5.11 Å². The fourth-order valence-corrected chi connectivity index (χ4v) is 1.20. The molecular formula is C12H16O. The molecule has 0 saturated carbocycles. The molecule has 0 aliphatic carbocycles. The summed E-state index contributed by atoms with van der Waals surface area (Å²) in [5.41, 5.74) is 3.22. The van der Waals surface area contributed by atoms with Crippen LogP contribution in [-0.4, -0.2) is 5.11 Å². The van der Waals surface area contributed by atoms with E-state index in [1.807, 2.05) is 25.1 Å². The van der Waals surface area contributed by atoms with Crippen LogP contribution in [-0.2, 0) is 6.42 Å². The minimum absolute atomic E-state index is 0.431. The highest BCUT2D eigenvalue weighted by molar-refractivity contribution is 5.40. The molecule has 0 unspecified atom stereocenters. The first kappa shape index (κ1) is 9.85. The fraction of sp³-hybridized carbons (Fsp3) is 0.333. The molecule has 0 fully saturated rings. The summed E-state index contributed by atoms with van der Waals surface area (Å²) in [6.07, 6.45) is 2.93. The second-order valence-electron chi connectivity index (χ2n) is 3.57. The van der Waals surface area contributed by atoms with E-state index in [1.54, 1.807) is 0 Å². The number of phenols is 1. The molecule has 0 aromatic heterocycles. The van der Waals surface area contributed by atoms with E-state index in [4.69, 9.17) is 0 Å². The lowest BCUT2D eigenvalue weighted by Crippen LogP contribution is -1.85. The molecule has 0 radical (unpaired) electrons. The van der Waals surface area contributed by atoms with Crippen LogP contribution in [0.4, 0.5) is 0 Å². The molecule has 1 N–H and O–H groups in total. The van der Waals surface area contributed by atoms with Gasteiger partial charge in [-0.25, -0.2) is 0 Å². The zero-order valence-electron chi connectivity index (χ0n) is 8.46. The maximum absolute atomic E-state index is 9.68. The first-order chi connectivity index (χ1) is 6.11. The summed E-state index contributed by atoms with van der Waals surface area (Å²) < 4.78 is 0. The summed E-state index contributed by atoms with van der Waals surface area (Å²) in [5.74, 6) is 0.431. The van der Waals surface area contributed by atoms with Gasteiger partial charge in [0.15, 0.2) is 0 Å². The zero-order valence-corrected chi connectivity index (χ0v) is 8.46. The third-order valence-electron chi connectivity index (χ3n) is 2.05. The lowest BCUT2D eigenvalue weighted by molar-refractivity contribution is 0.465. The number of hydrogen-bond acceptors (Lipinski definition) is 1. The molecule has 1 nitrogen and oxygen atoms in total. The van der Waals surface area contributed by atoms with Gasteiger partial charge >= 0.3 is 0 Å². The van der Waals surface area contributed by atoms with Gasteiger partial charge in [-0.1, -0.05) is 29.8 Å². The third-order valence-corrected chi connectivity index (χ3v) is 2.05. The van der Waals surface area contributed by atoms with Crippen LogP contribution in [0, 0.1) is 6.92 Å². The van der Waals surface area contributed by atoms with E-state index in [-0.39, 0.29) is 0 Å². The Balaban J connectivity index is 2.89. The van der Waals surface area contributed by atoms with Crippen molar-refractivity contribution in [2.45, 2.75) is 27.2 Å². The van der Waals surface area contributed by atoms with Crippen LogP contribution < -0.4 is 0 Å². The Morgan fingerprint density at radius 3 is 2.69 bits per heavy atom. The average Bonchev–Trinajstić information content (AvgIpc) is 2.07. The van der Waals surface area contributed by atoms with E-state index in [1.165, 1.54) is 5.57 Å². The van der Waals surface area contributed by atoms with Gasteiger partial charge in [-0.3, -0.25) is 0 Å². The Morgan fingerprint density at radius 2 is 2.08 bits per heavy atom. The average molecular weight is 176 g/mol. The predicted molar refractivity (Wildman–Crippen MR) is 56.0 cm³/mol. The molecule has 1 heteroatoms. The van der Waals surface area contributed by atoms with Crippen molar-refractivity contribution in [3.8, 4) is 5.75 Å². The summed E-state index contributed by atoms with van der Waals surface area (Å²) in [6.45, 7) is 6.04. The second-order valence-corrected chi connectivity index (χ2v) is 3.57. The lowest BCUT2D eigenvalue weighted by atomic mass is 10.1. The highest BCUT2D eigenvalue weighted by Gasteiger charge is 2.00. The van der Waals surface area contributed by atoms with E-state index < -0.39 is 0 Å². The van der Waals surface area contributed by atoms with Crippen LogP contribution in [0.2, 0.25) is 0 Å². The van der Waals surface area contributed by atoms with Crippen LogP contribution in [0.3, 0.4) is 0 Å². The van der Waals surface area contributed by atoms with Gasteiger partial charge in [0.05, 0.1) is 0 Å². The molecule has 0 heterocycles. The van der Waals surface area contributed by atoms with Gasteiger partial charge in [0, 0.05) is 0 Å². The number of rotatable bonds is 2. The van der Waals surface area contributed by atoms with Crippen molar-refractivity contribution < 1.29 is 5.11 Å². The zero-order chi connectivity index (χ0) is 9.84. The molecule has 0 bridgehead atoms. The molecule has 0 aliphatic rings. The number of aryl methyl sites for hydroxylation is 1. The summed E-state index contributed by atoms with van der Waals surface area (Å²) in [6, 6.07) is 5.85. The van der Waals surface area contributed by atoms with Gasteiger partial charge in [-0.15, -0.1) is 0 Å². The molecule has 0 spiro atoms. The highest BCUT2D eigenvalue weighted by Crippen LogP contribution is 2.22. The SMILES string of the molecule is CC(C)=CCc1cccc(C)c1O. The molecule has 13 heavy (non-hydrogen) atoms. The number of hydrogen-bond donors (Lipinski definition) is 1. The summed E-state index contributed by atoms with van der Waals surface area (Å²) in [7, 11) is 0. The molecule has 0 saturated heterocycles. The van der Waals surface area contributed by atoms with Crippen LogP contribution in [0.25, 0.3) is 0 Å². The summed E-state index contributed by atoms with van der Waals surface area (Å²) >= 11 is 0. The van der Waals surface area contributed by atoms with Crippen molar-refractivity contribution in [3.63, 3.8) is 0 Å². The topological polar surface area (TPSA) is 20.2 Å². The lowest BCUT2D eigenvalue weighted by Gasteiger charge is -2.04. The van der Waals surface area contributed by atoms with Crippen molar-refractivity contribution >= 4 is 0 Å². The van der Waals surface area contributed by atoms with Gasteiger partial charge in [-0.05, 0) is 38.3 Å². The first-order valence-electron chi connectivity index (χ1n) is 4.52. The first-order valence-corrected chi connectivity index (χ1v) is 4.52. The molecule has 70 valence electrons. The van der Waals surface area contributed by atoms with Gasteiger partial charge in [0.25, 0.3) is 0 Å². The number of para-hydroxylation sites is 1. The van der Waals surface area contributed by atoms with Crippen LogP contribution in [0.1, 0.15) is 25.0 Å². The fourth-order valence-electron chi connectivity index (χ4n) is 1.20. The van der Waals surface area contributed by atoms with E-state index in [0.717, 1.165) is 17.5 Å². The molecule has 1 rings (SSSR count).